The summed E-state index contributed by atoms with van der Waals surface area (Å²) >= 11 is 0. The van der Waals surface area contributed by atoms with Gasteiger partial charge in [0.15, 0.2) is 11.6 Å². The molecule has 4 nitrogen and oxygen atoms in total. The van der Waals surface area contributed by atoms with Gasteiger partial charge in [-0.25, -0.2) is 18.0 Å². The first kappa shape index (κ1) is 13.9. The van der Waals surface area contributed by atoms with Gasteiger partial charge in [0.1, 0.15) is 12.4 Å². The lowest BCUT2D eigenvalue weighted by Crippen LogP contribution is -2.10. The fourth-order valence-corrected chi connectivity index (χ4v) is 1.50. The largest absolute Gasteiger partial charge is 0.457 e. The highest BCUT2D eigenvalue weighted by Crippen LogP contribution is 2.18. The van der Waals surface area contributed by atoms with Gasteiger partial charge in [0.25, 0.3) is 0 Å². The molecule has 0 bridgehead atoms. The molecule has 0 aliphatic heterocycles. The molecular weight excluding hydrogens is 273 g/mol. The molecular formula is C13H9F3N2O2. The molecule has 104 valence electrons. The van der Waals surface area contributed by atoms with Crippen LogP contribution in [0, 0.1) is 17.5 Å². The number of pyridine rings is 1. The molecule has 0 atom stereocenters. The van der Waals surface area contributed by atoms with Gasteiger partial charge in [0.05, 0.1) is 11.8 Å². The summed E-state index contributed by atoms with van der Waals surface area (Å²) in [5.41, 5.74) is 5.18. The monoisotopic (exact) mass is 282 g/mol. The predicted octanol–water partition coefficient (Wildman–Crippen LogP) is 2.44. The molecule has 0 spiro atoms. The smallest absolute Gasteiger partial charge is 0.340 e. The Labute approximate surface area is 112 Å². The number of hydrogen-bond donors (Lipinski definition) is 1. The second kappa shape index (κ2) is 5.60. The fourth-order valence-electron chi connectivity index (χ4n) is 1.50. The summed E-state index contributed by atoms with van der Waals surface area (Å²) in [6.07, 6.45) is 2.31. The Morgan fingerprint density at radius 1 is 1.15 bits per heavy atom. The number of nitrogens with two attached hydrogens (primary N) is 1. The van der Waals surface area contributed by atoms with Gasteiger partial charge < -0.3 is 10.5 Å². The average Bonchev–Trinajstić information content (AvgIpc) is 2.40. The number of carbonyl (C=O) groups excluding carboxylic acids is 1. The van der Waals surface area contributed by atoms with E-state index in [1.54, 1.807) is 0 Å². The van der Waals surface area contributed by atoms with Crippen LogP contribution in [0.4, 0.5) is 18.9 Å². The molecule has 0 unspecified atom stereocenters. The second-order valence-electron chi connectivity index (χ2n) is 3.94. The van der Waals surface area contributed by atoms with Crippen molar-refractivity contribution < 1.29 is 22.7 Å². The van der Waals surface area contributed by atoms with Crippen molar-refractivity contribution in [3.05, 3.63) is 59.2 Å². The van der Waals surface area contributed by atoms with Crippen molar-refractivity contribution >= 4 is 11.7 Å². The second-order valence-corrected chi connectivity index (χ2v) is 3.94. The van der Waals surface area contributed by atoms with Crippen molar-refractivity contribution in [2.45, 2.75) is 6.61 Å². The Kier molecular flexibility index (Phi) is 3.88. The third-order valence-electron chi connectivity index (χ3n) is 2.44. The van der Waals surface area contributed by atoms with E-state index in [9.17, 15) is 18.0 Å². The molecule has 2 rings (SSSR count). The van der Waals surface area contributed by atoms with E-state index in [0.717, 1.165) is 12.3 Å². The Morgan fingerprint density at radius 3 is 2.55 bits per heavy atom. The fraction of sp³-hybridized carbons (Fsp3) is 0.0769. The number of benzene rings is 1. The van der Waals surface area contributed by atoms with Crippen molar-refractivity contribution in [2.75, 3.05) is 5.73 Å². The van der Waals surface area contributed by atoms with Crippen LogP contribution < -0.4 is 5.73 Å². The quantitative estimate of drug-likeness (QED) is 0.693. The Hall–Kier alpha value is -2.57. The number of esters is 1. The molecule has 0 radical (unpaired) electrons. The molecule has 2 aromatic rings. The molecule has 0 saturated carbocycles. The molecule has 0 aliphatic carbocycles. The van der Waals surface area contributed by atoms with E-state index in [2.05, 4.69) is 4.98 Å². The van der Waals surface area contributed by atoms with E-state index in [0.29, 0.717) is 17.7 Å². The summed E-state index contributed by atoms with van der Waals surface area (Å²) in [5, 5.41) is 0. The predicted molar refractivity (Wildman–Crippen MR) is 64.1 cm³/mol. The highest BCUT2D eigenvalue weighted by Gasteiger charge is 2.15. The first-order chi connectivity index (χ1) is 9.47. The summed E-state index contributed by atoms with van der Waals surface area (Å²) in [7, 11) is 0. The van der Waals surface area contributed by atoms with Gasteiger partial charge in [-0.05, 0) is 12.1 Å². The Balaban J connectivity index is 2.11. The highest BCUT2D eigenvalue weighted by molar-refractivity contribution is 5.95. The zero-order valence-electron chi connectivity index (χ0n) is 10.1. The van der Waals surface area contributed by atoms with Gasteiger partial charge in [-0.2, -0.15) is 0 Å². The van der Waals surface area contributed by atoms with Crippen molar-refractivity contribution in [3.63, 3.8) is 0 Å². The minimum Gasteiger partial charge on any atom is -0.457 e. The maximum Gasteiger partial charge on any atom is 0.340 e. The van der Waals surface area contributed by atoms with Gasteiger partial charge in [-0.15, -0.1) is 0 Å². The third-order valence-corrected chi connectivity index (χ3v) is 2.44. The van der Waals surface area contributed by atoms with Crippen LogP contribution in [0.3, 0.4) is 0 Å². The van der Waals surface area contributed by atoms with Crippen LogP contribution in [0.5, 0.6) is 0 Å². The lowest BCUT2D eigenvalue weighted by Gasteiger charge is -2.07. The van der Waals surface area contributed by atoms with Gasteiger partial charge in [0.2, 0.25) is 0 Å². The van der Waals surface area contributed by atoms with Crippen LogP contribution in [0.15, 0.2) is 30.6 Å². The van der Waals surface area contributed by atoms with Crippen LogP contribution in [0.25, 0.3) is 0 Å². The van der Waals surface area contributed by atoms with Crippen molar-refractivity contribution in [1.82, 2.24) is 4.98 Å². The van der Waals surface area contributed by atoms with Crippen LogP contribution in [-0.4, -0.2) is 11.0 Å². The zero-order chi connectivity index (χ0) is 14.7. The van der Waals surface area contributed by atoms with E-state index in [1.165, 1.54) is 6.20 Å². The first-order valence-corrected chi connectivity index (χ1v) is 5.48. The van der Waals surface area contributed by atoms with Crippen LogP contribution in [0.1, 0.15) is 15.9 Å². The minimum absolute atomic E-state index is 0.244. The summed E-state index contributed by atoms with van der Waals surface area (Å²) in [6, 6.07) is 2.47. The standard InChI is InChI=1S/C13H9F3N2O2/c14-8-1-7(4-18-5-8)6-20-13(19)9-2-10(15)11(16)3-12(9)17/h1-5H,6,17H2. The molecule has 1 heterocycles. The number of rotatable bonds is 3. The molecule has 2 N–H and O–H groups in total. The molecule has 0 amide bonds. The van der Waals surface area contributed by atoms with Crippen LogP contribution >= 0.6 is 0 Å². The minimum atomic E-state index is -1.21. The first-order valence-electron chi connectivity index (χ1n) is 5.48. The maximum absolute atomic E-state index is 13.0. The zero-order valence-corrected chi connectivity index (χ0v) is 10.1. The van der Waals surface area contributed by atoms with Crippen molar-refractivity contribution in [1.29, 1.82) is 0 Å². The van der Waals surface area contributed by atoms with E-state index >= 15 is 0 Å². The van der Waals surface area contributed by atoms with E-state index in [4.69, 9.17) is 10.5 Å². The van der Waals surface area contributed by atoms with Crippen LogP contribution in [0.2, 0.25) is 0 Å². The van der Waals surface area contributed by atoms with E-state index in [-0.39, 0.29) is 17.9 Å². The van der Waals surface area contributed by atoms with Gasteiger partial charge in [0, 0.05) is 23.5 Å². The van der Waals surface area contributed by atoms with Crippen molar-refractivity contribution in [3.8, 4) is 0 Å². The summed E-state index contributed by atoms with van der Waals surface area (Å²) < 4.78 is 43.6. The number of carbonyl (C=O) groups is 1. The molecule has 0 aliphatic rings. The third kappa shape index (κ3) is 3.05. The van der Waals surface area contributed by atoms with E-state index < -0.39 is 23.4 Å². The molecule has 20 heavy (non-hydrogen) atoms. The molecule has 7 heteroatoms. The Morgan fingerprint density at radius 2 is 1.85 bits per heavy atom. The van der Waals surface area contributed by atoms with E-state index in [1.807, 2.05) is 0 Å². The number of hydrogen-bond acceptors (Lipinski definition) is 4. The molecule has 1 aromatic heterocycles. The topological polar surface area (TPSA) is 65.2 Å². The lowest BCUT2D eigenvalue weighted by atomic mass is 10.1. The number of aromatic nitrogens is 1. The molecule has 0 fully saturated rings. The van der Waals surface area contributed by atoms with Gasteiger partial charge >= 0.3 is 5.97 Å². The summed E-state index contributed by atoms with van der Waals surface area (Å²) in [4.78, 5) is 15.3. The summed E-state index contributed by atoms with van der Waals surface area (Å²) in [6.45, 7) is -0.262. The number of halogens is 3. The average molecular weight is 282 g/mol. The Bertz CT molecular complexity index is 662. The summed E-state index contributed by atoms with van der Waals surface area (Å²) in [5.74, 6) is -3.89. The maximum atomic E-state index is 13.0. The number of nitrogens with zero attached hydrogens (tertiary/aromatic N) is 1. The van der Waals surface area contributed by atoms with Crippen LogP contribution in [-0.2, 0) is 11.3 Å². The SMILES string of the molecule is Nc1cc(F)c(F)cc1C(=O)OCc1cncc(F)c1. The normalized spacial score (nSPS) is 10.3. The molecule has 0 saturated heterocycles. The number of ether oxygens (including phenoxy) is 1. The number of nitrogen functional groups attached to an aromatic ring is 1. The lowest BCUT2D eigenvalue weighted by molar-refractivity contribution is 0.0472. The highest BCUT2D eigenvalue weighted by atomic mass is 19.2. The van der Waals surface area contributed by atoms with Gasteiger partial charge in [-0.1, -0.05) is 0 Å². The van der Waals surface area contributed by atoms with Gasteiger partial charge in [-0.3, -0.25) is 4.98 Å². The van der Waals surface area contributed by atoms with Crippen molar-refractivity contribution in [2.24, 2.45) is 0 Å². The molecule has 1 aromatic carbocycles. The number of anilines is 1.